The number of aromatic nitrogens is 3. The van der Waals surface area contributed by atoms with Crippen molar-refractivity contribution in [3.63, 3.8) is 0 Å². The van der Waals surface area contributed by atoms with Crippen LogP contribution in [0.4, 0.5) is 5.82 Å². The van der Waals surface area contributed by atoms with Crippen LogP contribution < -0.4 is 10.6 Å². The second kappa shape index (κ2) is 8.20. The Bertz CT molecular complexity index is 740. The van der Waals surface area contributed by atoms with E-state index in [0.717, 1.165) is 31.4 Å². The summed E-state index contributed by atoms with van der Waals surface area (Å²) in [6.07, 6.45) is 6.64. The van der Waals surface area contributed by atoms with Crippen molar-refractivity contribution in [3.05, 3.63) is 47.9 Å². The molecule has 25 heavy (non-hydrogen) atoms. The third-order valence-electron chi connectivity index (χ3n) is 4.32. The molecule has 1 fully saturated rings. The molecule has 2 aromatic heterocycles. The highest BCUT2D eigenvalue weighted by Crippen LogP contribution is 2.21. The number of hydrogen-bond donors (Lipinski definition) is 2. The molecule has 0 unspecified atom stereocenters. The van der Waals surface area contributed by atoms with Gasteiger partial charge in [0, 0.05) is 30.9 Å². The van der Waals surface area contributed by atoms with Gasteiger partial charge >= 0.3 is 0 Å². The van der Waals surface area contributed by atoms with Gasteiger partial charge in [-0.3, -0.25) is 4.79 Å². The highest BCUT2D eigenvalue weighted by Gasteiger charge is 2.31. The Morgan fingerprint density at radius 3 is 3.00 bits per heavy atom. The number of nitriles is 1. The van der Waals surface area contributed by atoms with Gasteiger partial charge in [-0.15, -0.1) is 0 Å². The molecule has 0 saturated carbocycles. The van der Waals surface area contributed by atoms with Crippen LogP contribution >= 0.6 is 0 Å². The summed E-state index contributed by atoms with van der Waals surface area (Å²) in [7, 11) is 0. The molecule has 7 nitrogen and oxygen atoms in total. The predicted molar refractivity (Wildman–Crippen MR) is 92.4 cm³/mol. The molecule has 2 atom stereocenters. The van der Waals surface area contributed by atoms with Gasteiger partial charge in [0.2, 0.25) is 5.91 Å². The fraction of sp³-hybridized carbons (Fsp3) is 0.389. The van der Waals surface area contributed by atoms with Gasteiger partial charge in [0.05, 0.1) is 11.3 Å². The molecule has 128 valence electrons. The number of carbonyl (C=O) groups is 1. The SMILES string of the molecule is N#Cc1ccc(NC[C@@H]2C[C@H](CCCc3cccnn3)C(=O)N2)nc1. The molecule has 1 amide bonds. The number of rotatable bonds is 7. The number of amides is 1. The van der Waals surface area contributed by atoms with Crippen LogP contribution in [-0.4, -0.2) is 33.7 Å². The Labute approximate surface area is 146 Å². The second-order valence-corrected chi connectivity index (χ2v) is 6.17. The molecule has 0 radical (unpaired) electrons. The lowest BCUT2D eigenvalue weighted by Gasteiger charge is -2.11. The number of carbonyl (C=O) groups excluding carboxylic acids is 1. The lowest BCUT2D eigenvalue weighted by molar-refractivity contribution is -0.122. The van der Waals surface area contributed by atoms with Gasteiger partial charge in [-0.2, -0.15) is 15.5 Å². The van der Waals surface area contributed by atoms with Crippen LogP contribution in [0.2, 0.25) is 0 Å². The van der Waals surface area contributed by atoms with Crippen molar-refractivity contribution >= 4 is 11.7 Å². The molecule has 3 heterocycles. The fourth-order valence-corrected chi connectivity index (χ4v) is 3.00. The van der Waals surface area contributed by atoms with E-state index in [2.05, 4.69) is 25.8 Å². The maximum Gasteiger partial charge on any atom is 0.223 e. The van der Waals surface area contributed by atoms with Crippen LogP contribution in [0.25, 0.3) is 0 Å². The zero-order valence-electron chi connectivity index (χ0n) is 13.9. The van der Waals surface area contributed by atoms with Crippen LogP contribution in [0.3, 0.4) is 0 Å². The van der Waals surface area contributed by atoms with Crippen molar-refractivity contribution in [2.45, 2.75) is 31.7 Å². The van der Waals surface area contributed by atoms with Crippen molar-refractivity contribution in [1.29, 1.82) is 5.26 Å². The van der Waals surface area contributed by atoms with Gasteiger partial charge in [0.1, 0.15) is 11.9 Å². The zero-order chi connectivity index (χ0) is 17.5. The van der Waals surface area contributed by atoms with E-state index in [-0.39, 0.29) is 17.9 Å². The van der Waals surface area contributed by atoms with Crippen molar-refractivity contribution in [2.75, 3.05) is 11.9 Å². The van der Waals surface area contributed by atoms with Crippen molar-refractivity contribution in [1.82, 2.24) is 20.5 Å². The van der Waals surface area contributed by atoms with E-state index < -0.39 is 0 Å². The molecule has 1 aliphatic rings. The molecule has 7 heteroatoms. The van der Waals surface area contributed by atoms with Crippen LogP contribution in [0.15, 0.2) is 36.7 Å². The summed E-state index contributed by atoms with van der Waals surface area (Å²) in [5, 5.41) is 22.9. The van der Waals surface area contributed by atoms with Crippen molar-refractivity contribution in [2.24, 2.45) is 5.92 Å². The summed E-state index contributed by atoms with van der Waals surface area (Å²) in [5.74, 6) is 0.885. The Morgan fingerprint density at radius 1 is 1.36 bits per heavy atom. The Morgan fingerprint density at radius 2 is 2.28 bits per heavy atom. The number of nitrogens with zero attached hydrogens (tertiary/aromatic N) is 4. The first-order valence-electron chi connectivity index (χ1n) is 8.41. The number of nitrogens with one attached hydrogen (secondary N) is 2. The first-order valence-corrected chi connectivity index (χ1v) is 8.41. The van der Waals surface area contributed by atoms with E-state index in [9.17, 15) is 4.79 Å². The topological polar surface area (TPSA) is 104 Å². The molecular formula is C18H20N6O. The lowest BCUT2D eigenvalue weighted by Crippen LogP contribution is -2.32. The van der Waals surface area contributed by atoms with Gasteiger partial charge in [-0.25, -0.2) is 4.98 Å². The minimum atomic E-state index is 0.0531. The molecule has 0 bridgehead atoms. The van der Waals surface area contributed by atoms with Crippen LogP contribution in [0, 0.1) is 17.2 Å². The Kier molecular flexibility index (Phi) is 5.52. The van der Waals surface area contributed by atoms with Gasteiger partial charge < -0.3 is 10.6 Å². The average Bonchev–Trinajstić information content (AvgIpc) is 3.01. The highest BCUT2D eigenvalue weighted by molar-refractivity contribution is 5.81. The molecular weight excluding hydrogens is 316 g/mol. The van der Waals surface area contributed by atoms with E-state index in [4.69, 9.17) is 5.26 Å². The maximum atomic E-state index is 12.1. The third-order valence-corrected chi connectivity index (χ3v) is 4.32. The third kappa shape index (κ3) is 4.73. The van der Waals surface area contributed by atoms with E-state index in [1.54, 1.807) is 18.3 Å². The smallest absolute Gasteiger partial charge is 0.223 e. The lowest BCUT2D eigenvalue weighted by atomic mass is 9.97. The monoisotopic (exact) mass is 336 g/mol. The van der Waals surface area contributed by atoms with Crippen molar-refractivity contribution in [3.8, 4) is 6.07 Å². The van der Waals surface area contributed by atoms with E-state index >= 15 is 0 Å². The molecule has 2 aromatic rings. The summed E-state index contributed by atoms with van der Waals surface area (Å²) < 4.78 is 0. The van der Waals surface area contributed by atoms with Crippen LogP contribution in [0.1, 0.15) is 30.5 Å². The standard InChI is InChI=1S/C18H20N6O/c19-10-13-6-7-17(20-11-13)21-12-16-9-14(18(25)23-16)3-1-4-15-5-2-8-22-24-15/h2,5-8,11,14,16H,1,3-4,9,12H2,(H,20,21)(H,23,25)/t14-,16-/m0/s1. The largest absolute Gasteiger partial charge is 0.368 e. The predicted octanol–water partition coefficient (Wildman–Crippen LogP) is 1.68. The molecule has 0 aromatic carbocycles. The Balaban J connectivity index is 1.41. The maximum absolute atomic E-state index is 12.1. The molecule has 1 aliphatic heterocycles. The Hall–Kier alpha value is -3.01. The zero-order valence-corrected chi connectivity index (χ0v) is 13.9. The van der Waals surface area contributed by atoms with Crippen LogP contribution in [0.5, 0.6) is 0 Å². The summed E-state index contributed by atoms with van der Waals surface area (Å²) >= 11 is 0. The molecule has 0 spiro atoms. The molecule has 0 aliphatic carbocycles. The van der Waals surface area contributed by atoms with Gasteiger partial charge in [-0.1, -0.05) is 0 Å². The minimum absolute atomic E-state index is 0.0531. The van der Waals surface area contributed by atoms with E-state index in [1.807, 2.05) is 18.2 Å². The molecule has 3 rings (SSSR count). The molecule has 2 N–H and O–H groups in total. The quantitative estimate of drug-likeness (QED) is 0.797. The summed E-state index contributed by atoms with van der Waals surface area (Å²) in [6.45, 7) is 0.630. The van der Waals surface area contributed by atoms with Gasteiger partial charge in [0.25, 0.3) is 0 Å². The van der Waals surface area contributed by atoms with E-state index in [0.29, 0.717) is 17.9 Å². The van der Waals surface area contributed by atoms with Gasteiger partial charge in [-0.05, 0) is 49.9 Å². The highest BCUT2D eigenvalue weighted by atomic mass is 16.2. The number of aryl methyl sites for hydroxylation is 1. The van der Waals surface area contributed by atoms with E-state index in [1.165, 1.54) is 6.20 Å². The fourth-order valence-electron chi connectivity index (χ4n) is 3.00. The van der Waals surface area contributed by atoms with Gasteiger partial charge in [0.15, 0.2) is 0 Å². The van der Waals surface area contributed by atoms with Crippen LogP contribution in [-0.2, 0) is 11.2 Å². The first kappa shape index (κ1) is 16.8. The number of pyridine rings is 1. The summed E-state index contributed by atoms with van der Waals surface area (Å²) in [6, 6.07) is 9.47. The second-order valence-electron chi connectivity index (χ2n) is 6.17. The minimum Gasteiger partial charge on any atom is -0.368 e. The van der Waals surface area contributed by atoms with Crippen molar-refractivity contribution < 1.29 is 4.79 Å². The summed E-state index contributed by atoms with van der Waals surface area (Å²) in [4.78, 5) is 16.3. The first-order chi connectivity index (χ1) is 12.2. The molecule has 1 saturated heterocycles. The number of hydrogen-bond acceptors (Lipinski definition) is 6. The summed E-state index contributed by atoms with van der Waals surface area (Å²) in [5.41, 5.74) is 1.49. The average molecular weight is 336 g/mol. The normalized spacial score (nSPS) is 19.2. The number of anilines is 1.